The van der Waals surface area contributed by atoms with E-state index in [-0.39, 0.29) is 17.5 Å². The first-order chi connectivity index (χ1) is 13.7. The van der Waals surface area contributed by atoms with Crippen LogP contribution in [0.2, 0.25) is 0 Å². The van der Waals surface area contributed by atoms with E-state index >= 15 is 0 Å². The van der Waals surface area contributed by atoms with Gasteiger partial charge in [0.05, 0.1) is 0 Å². The average molecular weight is 378 g/mol. The Hall–Kier alpha value is -2.99. The van der Waals surface area contributed by atoms with Crippen molar-refractivity contribution in [2.24, 2.45) is 0 Å². The number of likely N-dealkylation sites (tertiary alicyclic amines) is 1. The summed E-state index contributed by atoms with van der Waals surface area (Å²) in [5.74, 6) is -0.618. The number of rotatable bonds is 7. The highest BCUT2D eigenvalue weighted by Gasteiger charge is 2.15. The maximum Gasteiger partial charge on any atom is 0.267 e. The number of nitrogens with zero attached hydrogens (tertiary/aromatic N) is 2. The van der Waals surface area contributed by atoms with Crippen LogP contribution >= 0.6 is 0 Å². The lowest BCUT2D eigenvalue weighted by Crippen LogP contribution is -2.40. The second-order valence-corrected chi connectivity index (χ2v) is 6.82. The summed E-state index contributed by atoms with van der Waals surface area (Å²) in [4.78, 5) is 31.7. The number of hydrogen-bond donors (Lipinski definition) is 2. The number of amides is 2. The van der Waals surface area contributed by atoms with E-state index in [0.29, 0.717) is 12.1 Å². The van der Waals surface area contributed by atoms with Crippen molar-refractivity contribution < 1.29 is 9.59 Å². The van der Waals surface area contributed by atoms with Crippen LogP contribution in [0.4, 0.5) is 0 Å². The molecule has 2 heterocycles. The van der Waals surface area contributed by atoms with Crippen LogP contribution in [0.15, 0.2) is 60.6 Å². The van der Waals surface area contributed by atoms with E-state index in [2.05, 4.69) is 20.5 Å². The van der Waals surface area contributed by atoms with Crippen molar-refractivity contribution in [3.8, 4) is 0 Å². The van der Waals surface area contributed by atoms with E-state index in [1.54, 1.807) is 48.8 Å². The molecule has 0 aliphatic carbocycles. The van der Waals surface area contributed by atoms with Crippen LogP contribution in [0.5, 0.6) is 0 Å². The minimum Gasteiger partial charge on any atom is -0.349 e. The lowest BCUT2D eigenvalue weighted by Gasteiger charge is -2.26. The number of nitrogens with one attached hydrogen (secondary N) is 2. The predicted octanol–water partition coefficient (Wildman–Crippen LogP) is 2.45. The minimum absolute atomic E-state index is 0.209. The summed E-state index contributed by atoms with van der Waals surface area (Å²) in [5, 5.41) is 5.66. The highest BCUT2D eigenvalue weighted by Crippen LogP contribution is 2.08. The van der Waals surface area contributed by atoms with Gasteiger partial charge in [0.1, 0.15) is 5.70 Å². The molecular formula is C22H26N4O2. The summed E-state index contributed by atoms with van der Waals surface area (Å²) in [6, 6.07) is 12.5. The summed E-state index contributed by atoms with van der Waals surface area (Å²) in [7, 11) is 0. The normalized spacial score (nSPS) is 15.1. The first kappa shape index (κ1) is 19.8. The molecule has 28 heavy (non-hydrogen) atoms. The SMILES string of the molecule is O=C(NCCN1CCCCC1)/C(=C/c1cccnc1)NC(=O)c1ccccc1. The fourth-order valence-electron chi connectivity index (χ4n) is 3.18. The molecule has 1 fully saturated rings. The molecule has 1 aromatic heterocycles. The van der Waals surface area contributed by atoms with Crippen LogP contribution in [-0.2, 0) is 4.79 Å². The van der Waals surface area contributed by atoms with E-state index < -0.39 is 0 Å². The second-order valence-electron chi connectivity index (χ2n) is 6.82. The monoisotopic (exact) mass is 378 g/mol. The average Bonchev–Trinajstić information content (AvgIpc) is 2.75. The topological polar surface area (TPSA) is 74.3 Å². The van der Waals surface area contributed by atoms with Crippen molar-refractivity contribution >= 4 is 17.9 Å². The van der Waals surface area contributed by atoms with Gasteiger partial charge in [-0.3, -0.25) is 14.6 Å². The number of benzene rings is 1. The highest BCUT2D eigenvalue weighted by molar-refractivity contribution is 6.05. The Labute approximate surface area is 165 Å². The van der Waals surface area contributed by atoms with Gasteiger partial charge in [-0.15, -0.1) is 0 Å². The Morgan fingerprint density at radius 2 is 1.82 bits per heavy atom. The zero-order valence-electron chi connectivity index (χ0n) is 15.9. The Morgan fingerprint density at radius 3 is 2.54 bits per heavy atom. The van der Waals surface area contributed by atoms with Crippen LogP contribution in [0, 0.1) is 0 Å². The third-order valence-electron chi connectivity index (χ3n) is 4.69. The molecule has 2 amide bonds. The van der Waals surface area contributed by atoms with Crippen molar-refractivity contribution in [2.75, 3.05) is 26.2 Å². The van der Waals surface area contributed by atoms with Crippen LogP contribution in [-0.4, -0.2) is 47.9 Å². The van der Waals surface area contributed by atoms with Gasteiger partial charge in [0.2, 0.25) is 0 Å². The summed E-state index contributed by atoms with van der Waals surface area (Å²) < 4.78 is 0. The molecule has 6 nitrogen and oxygen atoms in total. The van der Waals surface area contributed by atoms with Gasteiger partial charge in [-0.2, -0.15) is 0 Å². The molecule has 0 bridgehead atoms. The first-order valence-electron chi connectivity index (χ1n) is 9.71. The molecule has 1 aromatic carbocycles. The molecule has 146 valence electrons. The van der Waals surface area contributed by atoms with Gasteiger partial charge in [0.25, 0.3) is 11.8 Å². The van der Waals surface area contributed by atoms with Crippen molar-refractivity contribution in [3.05, 3.63) is 71.7 Å². The zero-order valence-corrected chi connectivity index (χ0v) is 15.9. The number of pyridine rings is 1. The summed E-state index contributed by atoms with van der Waals surface area (Å²) in [6.45, 7) is 3.53. The van der Waals surface area contributed by atoms with Gasteiger partial charge in [-0.05, 0) is 55.8 Å². The standard InChI is InChI=1S/C22H26N4O2/c27-21(19-9-3-1-4-10-19)25-20(16-18-8-7-11-23-17-18)22(28)24-12-15-26-13-5-2-6-14-26/h1,3-4,7-11,16-17H,2,5-6,12-15H2,(H,24,28)(H,25,27)/b20-16-. The summed E-state index contributed by atoms with van der Waals surface area (Å²) in [5.41, 5.74) is 1.46. The molecule has 0 atom stereocenters. The molecule has 0 saturated carbocycles. The van der Waals surface area contributed by atoms with Crippen LogP contribution in [0.1, 0.15) is 35.2 Å². The molecule has 3 rings (SSSR count). The lowest BCUT2D eigenvalue weighted by atomic mass is 10.1. The molecule has 1 aliphatic heterocycles. The largest absolute Gasteiger partial charge is 0.349 e. The number of piperidine rings is 1. The molecule has 2 N–H and O–H groups in total. The molecule has 1 saturated heterocycles. The number of carbonyl (C=O) groups excluding carboxylic acids is 2. The predicted molar refractivity (Wildman–Crippen MR) is 109 cm³/mol. The van der Waals surface area contributed by atoms with Gasteiger partial charge in [-0.25, -0.2) is 0 Å². The highest BCUT2D eigenvalue weighted by atomic mass is 16.2. The van der Waals surface area contributed by atoms with Crippen LogP contribution < -0.4 is 10.6 Å². The third kappa shape index (κ3) is 6.03. The summed E-state index contributed by atoms with van der Waals surface area (Å²) >= 11 is 0. The molecule has 0 radical (unpaired) electrons. The maximum atomic E-state index is 12.7. The smallest absolute Gasteiger partial charge is 0.267 e. The number of carbonyl (C=O) groups is 2. The number of aromatic nitrogens is 1. The van der Waals surface area contributed by atoms with Crippen molar-refractivity contribution in [1.29, 1.82) is 0 Å². The fourth-order valence-corrected chi connectivity index (χ4v) is 3.18. The maximum absolute atomic E-state index is 12.7. The van der Waals surface area contributed by atoms with E-state index in [9.17, 15) is 9.59 Å². The Bertz CT molecular complexity index is 800. The molecule has 2 aromatic rings. The Kier molecular flexibility index (Phi) is 7.32. The molecule has 1 aliphatic rings. The van der Waals surface area contributed by atoms with E-state index in [0.717, 1.165) is 25.2 Å². The summed E-state index contributed by atoms with van der Waals surface area (Å²) in [6.07, 6.45) is 8.67. The van der Waals surface area contributed by atoms with Crippen molar-refractivity contribution in [3.63, 3.8) is 0 Å². The van der Waals surface area contributed by atoms with Crippen molar-refractivity contribution in [2.45, 2.75) is 19.3 Å². The second kappa shape index (κ2) is 10.4. The van der Waals surface area contributed by atoms with E-state index in [1.807, 2.05) is 12.1 Å². The van der Waals surface area contributed by atoms with Gasteiger partial charge in [0.15, 0.2) is 0 Å². The van der Waals surface area contributed by atoms with Gasteiger partial charge < -0.3 is 15.5 Å². The van der Waals surface area contributed by atoms with Gasteiger partial charge >= 0.3 is 0 Å². The molecule has 0 spiro atoms. The Balaban J connectivity index is 1.65. The molecular weight excluding hydrogens is 352 g/mol. The molecule has 0 unspecified atom stereocenters. The quantitative estimate of drug-likeness (QED) is 0.726. The van der Waals surface area contributed by atoms with E-state index in [4.69, 9.17) is 0 Å². The third-order valence-corrected chi connectivity index (χ3v) is 4.69. The van der Waals surface area contributed by atoms with Gasteiger partial charge in [-0.1, -0.05) is 30.7 Å². The minimum atomic E-state index is -0.318. The van der Waals surface area contributed by atoms with Crippen LogP contribution in [0.3, 0.4) is 0 Å². The number of hydrogen-bond acceptors (Lipinski definition) is 4. The lowest BCUT2D eigenvalue weighted by molar-refractivity contribution is -0.117. The molecule has 6 heteroatoms. The first-order valence-corrected chi connectivity index (χ1v) is 9.71. The van der Waals surface area contributed by atoms with Gasteiger partial charge in [0, 0.05) is 31.0 Å². The van der Waals surface area contributed by atoms with Crippen molar-refractivity contribution in [1.82, 2.24) is 20.5 Å². The van der Waals surface area contributed by atoms with E-state index in [1.165, 1.54) is 19.3 Å². The zero-order chi connectivity index (χ0) is 19.6. The van der Waals surface area contributed by atoms with Crippen LogP contribution in [0.25, 0.3) is 6.08 Å². The Morgan fingerprint density at radius 1 is 1.04 bits per heavy atom. The fraction of sp³-hybridized carbons (Fsp3) is 0.318.